The van der Waals surface area contributed by atoms with E-state index in [0.717, 1.165) is 0 Å². The second-order valence-electron chi connectivity index (χ2n) is 2.78. The average Bonchev–Trinajstić information content (AvgIpc) is 2.33. The fraction of sp³-hybridized carbons (Fsp3) is 0.300. The maximum atomic E-state index is 11.8. The second kappa shape index (κ2) is 4.77. The molecule has 0 amide bonds. The number of Topliss-reactive ketones (excluding diaryl/α,β-unsaturated/α-hetero) is 1. The summed E-state index contributed by atoms with van der Waals surface area (Å²) in [6.07, 6.45) is 0. The number of carbonyl (C=O) groups is 1. The summed E-state index contributed by atoms with van der Waals surface area (Å²) in [5.41, 5.74) is 0.306. The van der Waals surface area contributed by atoms with E-state index < -0.39 is 11.7 Å². The minimum Gasteiger partial charge on any atom is -0.326 e. The van der Waals surface area contributed by atoms with E-state index in [2.05, 4.69) is 5.18 Å². The lowest BCUT2D eigenvalue weighted by Gasteiger charge is -2.20. The van der Waals surface area contributed by atoms with Crippen LogP contribution in [0.1, 0.15) is 10.4 Å². The number of benzene rings is 1. The summed E-state index contributed by atoms with van der Waals surface area (Å²) < 4.78 is 9.40. The molecule has 1 aromatic rings. The highest BCUT2D eigenvalue weighted by Gasteiger charge is 2.41. The van der Waals surface area contributed by atoms with Crippen molar-refractivity contribution in [2.24, 2.45) is 5.18 Å². The van der Waals surface area contributed by atoms with E-state index in [9.17, 15) is 9.70 Å². The molecule has 80 valence electrons. The Morgan fingerprint density at radius 3 is 2.13 bits per heavy atom. The van der Waals surface area contributed by atoms with Crippen LogP contribution in [-0.4, -0.2) is 25.9 Å². The van der Waals surface area contributed by atoms with Crippen molar-refractivity contribution in [2.45, 2.75) is 5.91 Å². The highest BCUT2D eigenvalue weighted by Crippen LogP contribution is 2.19. The summed E-state index contributed by atoms with van der Waals surface area (Å²) in [4.78, 5) is 22.4. The molecule has 0 aliphatic rings. The van der Waals surface area contributed by atoms with E-state index in [1.807, 2.05) is 0 Å². The Kier molecular flexibility index (Phi) is 3.65. The Morgan fingerprint density at radius 1 is 1.20 bits per heavy atom. The lowest BCUT2D eigenvalue weighted by molar-refractivity contribution is -0.163. The zero-order valence-electron chi connectivity index (χ0n) is 8.47. The third kappa shape index (κ3) is 2.08. The van der Waals surface area contributed by atoms with Crippen LogP contribution in [0.3, 0.4) is 0 Å². The van der Waals surface area contributed by atoms with Crippen LogP contribution >= 0.6 is 0 Å². The molecule has 0 atom stereocenters. The summed E-state index contributed by atoms with van der Waals surface area (Å²) >= 11 is 0. The van der Waals surface area contributed by atoms with Gasteiger partial charge in [0, 0.05) is 25.0 Å². The number of rotatable bonds is 5. The molecular weight excluding hydrogens is 198 g/mol. The van der Waals surface area contributed by atoms with Crippen molar-refractivity contribution in [3.8, 4) is 0 Å². The first-order chi connectivity index (χ1) is 7.20. The van der Waals surface area contributed by atoms with Crippen molar-refractivity contribution >= 4 is 5.78 Å². The topological polar surface area (TPSA) is 65.0 Å². The molecule has 0 bridgehead atoms. The Labute approximate surface area is 87.0 Å². The van der Waals surface area contributed by atoms with Gasteiger partial charge < -0.3 is 9.47 Å². The van der Waals surface area contributed by atoms with Gasteiger partial charge in [0.1, 0.15) is 0 Å². The number of nitrogens with zero attached hydrogens (tertiary/aromatic N) is 1. The predicted octanol–water partition coefficient (Wildman–Crippen LogP) is 1.58. The number of ketones is 1. The normalized spacial score (nSPS) is 11.1. The van der Waals surface area contributed by atoms with Gasteiger partial charge in [0.25, 0.3) is 0 Å². The number of hydrogen-bond donors (Lipinski definition) is 0. The molecule has 5 heteroatoms. The van der Waals surface area contributed by atoms with Gasteiger partial charge in [-0.1, -0.05) is 30.3 Å². The lowest BCUT2D eigenvalue weighted by atomic mass is 10.1. The number of methoxy groups -OCH3 is 2. The first kappa shape index (κ1) is 11.5. The summed E-state index contributed by atoms with van der Waals surface area (Å²) in [6.45, 7) is 0. The average molecular weight is 209 g/mol. The van der Waals surface area contributed by atoms with Crippen LogP contribution in [0.5, 0.6) is 0 Å². The molecule has 0 aliphatic heterocycles. The van der Waals surface area contributed by atoms with Crippen LogP contribution in [0.4, 0.5) is 0 Å². The Morgan fingerprint density at radius 2 is 1.73 bits per heavy atom. The van der Waals surface area contributed by atoms with Gasteiger partial charge in [-0.2, -0.15) is 0 Å². The van der Waals surface area contributed by atoms with Gasteiger partial charge >= 0.3 is 5.91 Å². The van der Waals surface area contributed by atoms with Crippen LogP contribution in [0.2, 0.25) is 0 Å². The third-order valence-corrected chi connectivity index (χ3v) is 2.00. The van der Waals surface area contributed by atoms with Gasteiger partial charge in [-0.3, -0.25) is 4.79 Å². The molecule has 0 saturated heterocycles. The van der Waals surface area contributed by atoms with Gasteiger partial charge in [0.2, 0.25) is 5.78 Å². The molecule has 0 fully saturated rings. The first-order valence-electron chi connectivity index (χ1n) is 4.25. The Hall–Kier alpha value is -1.59. The molecule has 0 aliphatic carbocycles. The zero-order chi connectivity index (χ0) is 11.3. The summed E-state index contributed by atoms with van der Waals surface area (Å²) in [6, 6.07) is 8.22. The van der Waals surface area contributed by atoms with E-state index in [1.54, 1.807) is 30.3 Å². The first-order valence-corrected chi connectivity index (χ1v) is 4.25. The lowest BCUT2D eigenvalue weighted by Crippen LogP contribution is -2.40. The van der Waals surface area contributed by atoms with Crippen LogP contribution < -0.4 is 0 Å². The van der Waals surface area contributed by atoms with Crippen molar-refractivity contribution in [3.63, 3.8) is 0 Å². The smallest absolute Gasteiger partial charge is 0.326 e. The number of carbonyl (C=O) groups excluding carboxylic acids is 1. The van der Waals surface area contributed by atoms with Crippen molar-refractivity contribution in [1.29, 1.82) is 0 Å². The van der Waals surface area contributed by atoms with Crippen LogP contribution in [0.15, 0.2) is 35.5 Å². The monoisotopic (exact) mass is 209 g/mol. The van der Waals surface area contributed by atoms with E-state index in [0.29, 0.717) is 5.56 Å². The highest BCUT2D eigenvalue weighted by atomic mass is 16.7. The molecule has 0 spiro atoms. The van der Waals surface area contributed by atoms with Crippen molar-refractivity contribution in [2.75, 3.05) is 14.2 Å². The molecular formula is C10H11NO4. The highest BCUT2D eigenvalue weighted by molar-refractivity contribution is 6.01. The second-order valence-corrected chi connectivity index (χ2v) is 2.78. The minimum absolute atomic E-state index is 0.306. The molecule has 1 rings (SSSR count). The molecule has 0 unspecified atom stereocenters. The molecule has 0 heterocycles. The zero-order valence-corrected chi connectivity index (χ0v) is 8.47. The largest absolute Gasteiger partial charge is 0.373 e. The molecule has 0 aromatic heterocycles. The maximum Gasteiger partial charge on any atom is 0.373 e. The van der Waals surface area contributed by atoms with Crippen molar-refractivity contribution in [3.05, 3.63) is 40.8 Å². The van der Waals surface area contributed by atoms with Gasteiger partial charge in [-0.05, 0) is 0 Å². The van der Waals surface area contributed by atoms with E-state index >= 15 is 0 Å². The molecule has 5 nitrogen and oxygen atoms in total. The predicted molar refractivity (Wildman–Crippen MR) is 53.3 cm³/mol. The van der Waals surface area contributed by atoms with Gasteiger partial charge in [0.15, 0.2) is 0 Å². The summed E-state index contributed by atoms with van der Waals surface area (Å²) in [7, 11) is 2.37. The molecule has 0 saturated carbocycles. The molecule has 0 radical (unpaired) electrons. The number of nitroso groups, excluding NO2 is 1. The van der Waals surface area contributed by atoms with Crippen LogP contribution in [0.25, 0.3) is 0 Å². The Bertz CT molecular complexity index is 346. The fourth-order valence-electron chi connectivity index (χ4n) is 1.16. The SMILES string of the molecule is COC(N=O)(OC)C(=O)c1ccccc1. The van der Waals surface area contributed by atoms with Crippen LogP contribution in [-0.2, 0) is 9.47 Å². The van der Waals surface area contributed by atoms with E-state index in [-0.39, 0.29) is 0 Å². The minimum atomic E-state index is -2.08. The standard InChI is InChI=1S/C10H11NO4/c1-14-10(11-13,15-2)9(12)8-6-4-3-5-7-8/h3-7H,1-2H3. The third-order valence-electron chi connectivity index (χ3n) is 2.00. The van der Waals surface area contributed by atoms with Crippen LogP contribution in [0, 0.1) is 4.91 Å². The van der Waals surface area contributed by atoms with Gasteiger partial charge in [-0.25, -0.2) is 0 Å². The van der Waals surface area contributed by atoms with Gasteiger partial charge in [-0.15, -0.1) is 4.91 Å². The van der Waals surface area contributed by atoms with E-state index in [4.69, 9.17) is 9.47 Å². The maximum absolute atomic E-state index is 11.8. The fourth-order valence-corrected chi connectivity index (χ4v) is 1.16. The Balaban J connectivity index is 3.07. The summed E-state index contributed by atoms with van der Waals surface area (Å²) in [5, 5.41) is 2.59. The molecule has 1 aromatic carbocycles. The van der Waals surface area contributed by atoms with E-state index in [1.165, 1.54) is 14.2 Å². The number of hydrogen-bond acceptors (Lipinski definition) is 5. The number of ether oxygens (including phenoxy) is 2. The van der Waals surface area contributed by atoms with Crippen molar-refractivity contribution < 1.29 is 14.3 Å². The molecule has 0 N–H and O–H groups in total. The molecule has 15 heavy (non-hydrogen) atoms. The van der Waals surface area contributed by atoms with Crippen molar-refractivity contribution in [1.82, 2.24) is 0 Å². The quantitative estimate of drug-likeness (QED) is 0.419. The summed E-state index contributed by atoms with van der Waals surface area (Å²) in [5.74, 6) is -2.70. The van der Waals surface area contributed by atoms with Gasteiger partial charge in [0.05, 0.1) is 0 Å².